The molecular formula is C14H12F6INO. The fourth-order valence-electron chi connectivity index (χ4n) is 2.49. The number of likely N-dealkylation sites (tertiary alicyclic amines) is 1. The van der Waals surface area contributed by atoms with Crippen molar-refractivity contribution in [1.29, 1.82) is 0 Å². The van der Waals surface area contributed by atoms with E-state index >= 15 is 0 Å². The molecule has 1 aliphatic rings. The predicted octanol–water partition coefficient (Wildman–Crippen LogP) is 4.72. The number of alkyl halides is 6. The molecule has 1 saturated heterocycles. The smallest absolute Gasteiger partial charge is 0.338 e. The number of piperidine rings is 1. The Labute approximate surface area is 142 Å². The second-order valence-electron chi connectivity index (χ2n) is 5.32. The summed E-state index contributed by atoms with van der Waals surface area (Å²) in [5.74, 6) is -2.26. The molecule has 23 heavy (non-hydrogen) atoms. The largest absolute Gasteiger partial charge is 0.417 e. The first-order chi connectivity index (χ1) is 10.5. The fourth-order valence-corrected chi connectivity index (χ4v) is 3.31. The maximum atomic E-state index is 12.8. The second kappa shape index (κ2) is 6.48. The van der Waals surface area contributed by atoms with Crippen molar-refractivity contribution >= 4 is 28.5 Å². The molecule has 0 aromatic heterocycles. The molecule has 128 valence electrons. The van der Waals surface area contributed by atoms with Gasteiger partial charge in [-0.25, -0.2) is 0 Å². The molecule has 0 aliphatic carbocycles. The van der Waals surface area contributed by atoms with Crippen molar-refractivity contribution in [1.82, 2.24) is 4.90 Å². The molecule has 1 heterocycles. The average molecular weight is 451 g/mol. The number of hydrogen-bond acceptors (Lipinski definition) is 1. The first-order valence-corrected chi connectivity index (χ1v) is 7.81. The van der Waals surface area contributed by atoms with Crippen LogP contribution in [0.15, 0.2) is 18.2 Å². The van der Waals surface area contributed by atoms with Crippen LogP contribution in [0.1, 0.15) is 28.8 Å². The van der Waals surface area contributed by atoms with Crippen molar-refractivity contribution in [2.45, 2.75) is 25.2 Å². The topological polar surface area (TPSA) is 20.3 Å². The van der Waals surface area contributed by atoms with E-state index in [1.165, 1.54) is 22.6 Å². The molecule has 1 amide bonds. The minimum Gasteiger partial charge on any atom is -0.338 e. The van der Waals surface area contributed by atoms with Crippen LogP contribution < -0.4 is 0 Å². The zero-order chi connectivity index (χ0) is 17.4. The predicted molar refractivity (Wildman–Crippen MR) is 78.8 cm³/mol. The van der Waals surface area contributed by atoms with Crippen molar-refractivity contribution in [3.8, 4) is 0 Å². The van der Waals surface area contributed by atoms with Crippen LogP contribution in [0, 0.1) is 9.49 Å². The lowest BCUT2D eigenvalue weighted by Gasteiger charge is -2.33. The number of carbonyl (C=O) groups excluding carboxylic acids is 1. The van der Waals surface area contributed by atoms with E-state index < -0.39 is 36.3 Å². The van der Waals surface area contributed by atoms with Crippen LogP contribution in [0.25, 0.3) is 0 Å². The van der Waals surface area contributed by atoms with Gasteiger partial charge in [0.2, 0.25) is 0 Å². The van der Waals surface area contributed by atoms with Crippen LogP contribution in [-0.2, 0) is 6.18 Å². The molecular weight excluding hydrogens is 439 g/mol. The minimum atomic E-state index is -4.54. The van der Waals surface area contributed by atoms with E-state index in [0.29, 0.717) is 0 Å². The zero-order valence-corrected chi connectivity index (χ0v) is 13.8. The third kappa shape index (κ3) is 4.30. The van der Waals surface area contributed by atoms with Crippen molar-refractivity contribution in [2.24, 2.45) is 5.92 Å². The summed E-state index contributed by atoms with van der Waals surface area (Å²) in [5, 5.41) is 0. The molecule has 9 heteroatoms. The van der Waals surface area contributed by atoms with E-state index in [9.17, 15) is 31.1 Å². The lowest BCUT2D eigenvalue weighted by Crippen LogP contribution is -2.44. The number of hydrogen-bond donors (Lipinski definition) is 0. The summed E-state index contributed by atoms with van der Waals surface area (Å²) in [4.78, 5) is 13.3. The highest BCUT2D eigenvalue weighted by molar-refractivity contribution is 14.1. The molecule has 1 aliphatic heterocycles. The van der Waals surface area contributed by atoms with E-state index in [1.807, 2.05) is 0 Å². The Bertz CT molecular complexity index is 598. The number of carbonyl (C=O) groups is 1. The molecule has 1 fully saturated rings. The summed E-state index contributed by atoms with van der Waals surface area (Å²) >= 11 is 1.46. The second-order valence-corrected chi connectivity index (χ2v) is 6.49. The number of amides is 1. The molecule has 1 aromatic carbocycles. The van der Waals surface area contributed by atoms with Crippen LogP contribution in [0.3, 0.4) is 0 Å². The highest BCUT2D eigenvalue weighted by atomic mass is 127. The minimum absolute atomic E-state index is 0.0368. The number of nitrogens with zero attached hydrogens (tertiary/aromatic N) is 1. The number of benzene rings is 1. The number of halogens is 7. The Morgan fingerprint density at radius 3 is 2.35 bits per heavy atom. The lowest BCUT2D eigenvalue weighted by molar-refractivity contribution is -0.184. The molecule has 1 atom stereocenters. The van der Waals surface area contributed by atoms with Crippen LogP contribution in [0.5, 0.6) is 0 Å². The molecule has 0 bridgehead atoms. The Hall–Kier alpha value is -1.00. The van der Waals surface area contributed by atoms with Crippen LogP contribution in [0.2, 0.25) is 0 Å². The first kappa shape index (κ1) is 18.3. The summed E-state index contributed by atoms with van der Waals surface area (Å²) in [7, 11) is 0. The van der Waals surface area contributed by atoms with Crippen molar-refractivity contribution in [2.75, 3.05) is 13.1 Å². The van der Waals surface area contributed by atoms with Crippen LogP contribution >= 0.6 is 22.6 Å². The summed E-state index contributed by atoms with van der Waals surface area (Å²) in [6, 6.07) is 2.84. The Kier molecular flexibility index (Phi) is 5.17. The Balaban J connectivity index is 2.19. The molecule has 2 nitrogen and oxygen atoms in total. The lowest BCUT2D eigenvalue weighted by atomic mass is 9.97. The fraction of sp³-hybridized carbons (Fsp3) is 0.500. The Morgan fingerprint density at radius 1 is 1.17 bits per heavy atom. The van der Waals surface area contributed by atoms with Gasteiger partial charge >= 0.3 is 12.4 Å². The van der Waals surface area contributed by atoms with E-state index in [1.54, 1.807) is 0 Å². The third-order valence-electron chi connectivity index (χ3n) is 3.69. The average Bonchev–Trinajstić information content (AvgIpc) is 2.44. The molecule has 0 N–H and O–H groups in total. The van der Waals surface area contributed by atoms with Gasteiger partial charge in [0.05, 0.1) is 11.5 Å². The SMILES string of the molecule is O=C(c1ccc(C(F)(F)F)c(I)c1)N1CCCC(C(F)(F)F)C1. The van der Waals surface area contributed by atoms with Gasteiger partial charge in [0, 0.05) is 22.2 Å². The van der Waals surface area contributed by atoms with Crippen LogP contribution in [0.4, 0.5) is 26.3 Å². The van der Waals surface area contributed by atoms with Gasteiger partial charge in [-0.2, -0.15) is 26.3 Å². The highest BCUT2D eigenvalue weighted by Crippen LogP contribution is 2.35. The van der Waals surface area contributed by atoms with E-state index in [-0.39, 0.29) is 28.5 Å². The van der Waals surface area contributed by atoms with E-state index in [2.05, 4.69) is 0 Å². The maximum absolute atomic E-state index is 12.8. The van der Waals surface area contributed by atoms with Gasteiger partial charge in [-0.1, -0.05) is 0 Å². The van der Waals surface area contributed by atoms with Gasteiger partial charge in [0.1, 0.15) is 0 Å². The summed E-state index contributed by atoms with van der Waals surface area (Å²) in [6.45, 7) is -0.289. The van der Waals surface area contributed by atoms with Crippen LogP contribution in [-0.4, -0.2) is 30.1 Å². The van der Waals surface area contributed by atoms with Gasteiger partial charge in [-0.15, -0.1) is 0 Å². The first-order valence-electron chi connectivity index (χ1n) is 6.73. The van der Waals surface area contributed by atoms with Crippen molar-refractivity contribution in [3.63, 3.8) is 0 Å². The highest BCUT2D eigenvalue weighted by Gasteiger charge is 2.43. The molecule has 1 unspecified atom stereocenters. The van der Waals surface area contributed by atoms with E-state index in [4.69, 9.17) is 0 Å². The molecule has 1 aromatic rings. The van der Waals surface area contributed by atoms with Gasteiger partial charge < -0.3 is 4.90 Å². The molecule has 0 saturated carbocycles. The number of rotatable bonds is 1. The third-order valence-corrected chi connectivity index (χ3v) is 4.59. The quantitative estimate of drug-likeness (QED) is 0.447. The monoisotopic (exact) mass is 451 g/mol. The van der Waals surface area contributed by atoms with Gasteiger partial charge in [-0.05, 0) is 53.6 Å². The molecule has 2 rings (SSSR count). The van der Waals surface area contributed by atoms with Crippen molar-refractivity contribution < 1.29 is 31.1 Å². The molecule has 0 spiro atoms. The molecule has 0 radical (unpaired) electrons. The van der Waals surface area contributed by atoms with Gasteiger partial charge in [-0.3, -0.25) is 4.79 Å². The standard InChI is InChI=1S/C14H12F6INO/c15-13(16,17)9-2-1-5-22(7-9)12(23)8-3-4-10(11(21)6-8)14(18,19)20/h3-4,6,9H,1-2,5,7H2. The zero-order valence-electron chi connectivity index (χ0n) is 11.6. The van der Waals surface area contributed by atoms with Gasteiger partial charge in [0.15, 0.2) is 0 Å². The normalized spacial score (nSPS) is 19.8. The Morgan fingerprint density at radius 2 is 1.83 bits per heavy atom. The van der Waals surface area contributed by atoms with E-state index in [0.717, 1.165) is 23.1 Å². The maximum Gasteiger partial charge on any atom is 0.417 e. The van der Waals surface area contributed by atoms with Crippen molar-refractivity contribution in [3.05, 3.63) is 32.9 Å². The summed E-state index contributed by atoms with van der Waals surface area (Å²) in [5.41, 5.74) is -0.910. The summed E-state index contributed by atoms with van der Waals surface area (Å²) < 4.78 is 76.2. The summed E-state index contributed by atoms with van der Waals surface area (Å²) in [6.07, 6.45) is -8.75. The van der Waals surface area contributed by atoms with Gasteiger partial charge in [0.25, 0.3) is 5.91 Å².